The van der Waals surface area contributed by atoms with Gasteiger partial charge in [-0.15, -0.1) is 0 Å². The lowest BCUT2D eigenvalue weighted by atomic mass is 9.99. The number of carbonyl (C=O) groups excluding carboxylic acids is 1. The van der Waals surface area contributed by atoms with Crippen molar-refractivity contribution >= 4 is 5.91 Å². The molecule has 0 aromatic heterocycles. The third-order valence-electron chi connectivity index (χ3n) is 4.70. The van der Waals surface area contributed by atoms with Crippen LogP contribution in [0.2, 0.25) is 0 Å². The zero-order chi connectivity index (χ0) is 16.9. The molecule has 1 aliphatic heterocycles. The molecule has 3 nitrogen and oxygen atoms in total. The van der Waals surface area contributed by atoms with Crippen LogP contribution in [0.3, 0.4) is 0 Å². The van der Waals surface area contributed by atoms with E-state index in [1.165, 1.54) is 16.7 Å². The first-order chi connectivity index (χ1) is 11.7. The van der Waals surface area contributed by atoms with Crippen LogP contribution in [0, 0.1) is 0 Å². The summed E-state index contributed by atoms with van der Waals surface area (Å²) in [4.78, 5) is 14.8. The van der Waals surface area contributed by atoms with Gasteiger partial charge in [0.2, 0.25) is 0 Å². The summed E-state index contributed by atoms with van der Waals surface area (Å²) in [5.74, 6) is 0.858. The molecule has 126 valence electrons. The van der Waals surface area contributed by atoms with Crippen LogP contribution in [-0.2, 0) is 24.2 Å². The monoisotopic (exact) mass is 323 g/mol. The highest BCUT2D eigenvalue weighted by Crippen LogP contribution is 2.21. The highest BCUT2D eigenvalue weighted by Gasteiger charge is 2.27. The number of carbonyl (C=O) groups is 1. The smallest absolute Gasteiger partial charge is 0.263 e. The summed E-state index contributed by atoms with van der Waals surface area (Å²) in [6.07, 6.45) is 2.18. The summed E-state index contributed by atoms with van der Waals surface area (Å²) in [5, 5.41) is 0. The second kappa shape index (κ2) is 7.52. The zero-order valence-corrected chi connectivity index (χ0v) is 14.5. The quantitative estimate of drug-likeness (QED) is 0.832. The number of aryl methyl sites for hydroxylation is 1. The van der Waals surface area contributed by atoms with Crippen molar-refractivity contribution < 1.29 is 9.53 Å². The van der Waals surface area contributed by atoms with E-state index in [0.29, 0.717) is 13.0 Å². The molecule has 0 radical (unpaired) electrons. The van der Waals surface area contributed by atoms with Crippen molar-refractivity contribution in [2.75, 3.05) is 6.54 Å². The molecule has 0 N–H and O–H groups in total. The van der Waals surface area contributed by atoms with Crippen LogP contribution in [0.15, 0.2) is 48.5 Å². The van der Waals surface area contributed by atoms with E-state index in [1.807, 2.05) is 30.0 Å². The van der Waals surface area contributed by atoms with Gasteiger partial charge in [0.05, 0.1) is 0 Å². The largest absolute Gasteiger partial charge is 0.481 e. The molecule has 0 spiro atoms. The van der Waals surface area contributed by atoms with Gasteiger partial charge in [0.1, 0.15) is 5.75 Å². The Morgan fingerprint density at radius 3 is 2.46 bits per heavy atom. The summed E-state index contributed by atoms with van der Waals surface area (Å²) >= 11 is 0. The Balaban J connectivity index is 1.68. The second-order valence-corrected chi connectivity index (χ2v) is 6.29. The highest BCUT2D eigenvalue weighted by atomic mass is 16.5. The molecule has 2 aromatic rings. The fourth-order valence-corrected chi connectivity index (χ4v) is 3.16. The van der Waals surface area contributed by atoms with Gasteiger partial charge >= 0.3 is 0 Å². The molecule has 2 aromatic carbocycles. The zero-order valence-electron chi connectivity index (χ0n) is 14.5. The van der Waals surface area contributed by atoms with E-state index in [1.54, 1.807) is 0 Å². The number of amides is 1. The molecule has 3 heteroatoms. The van der Waals surface area contributed by atoms with E-state index in [-0.39, 0.29) is 5.91 Å². The van der Waals surface area contributed by atoms with Gasteiger partial charge in [-0.2, -0.15) is 0 Å². The summed E-state index contributed by atoms with van der Waals surface area (Å²) in [7, 11) is 0. The molecule has 0 aliphatic carbocycles. The molecule has 1 atom stereocenters. The SMILES string of the molecule is CCc1ccc(O[C@H](CC)C(=O)N2CCc3ccccc3C2)cc1. The minimum Gasteiger partial charge on any atom is -0.481 e. The van der Waals surface area contributed by atoms with Gasteiger partial charge < -0.3 is 9.64 Å². The first-order valence-electron chi connectivity index (χ1n) is 8.82. The lowest BCUT2D eigenvalue weighted by Gasteiger charge is -2.31. The average Bonchev–Trinajstić information content (AvgIpc) is 2.65. The van der Waals surface area contributed by atoms with Gasteiger partial charge in [0, 0.05) is 13.1 Å². The van der Waals surface area contributed by atoms with Gasteiger partial charge in [0.15, 0.2) is 6.10 Å². The number of hydrogen-bond acceptors (Lipinski definition) is 2. The van der Waals surface area contributed by atoms with Crippen LogP contribution in [0.5, 0.6) is 5.75 Å². The number of rotatable bonds is 5. The molecule has 1 aliphatic rings. The first kappa shape index (κ1) is 16.6. The fourth-order valence-electron chi connectivity index (χ4n) is 3.16. The third kappa shape index (κ3) is 3.61. The Morgan fingerprint density at radius 1 is 1.08 bits per heavy atom. The minimum absolute atomic E-state index is 0.0894. The number of fused-ring (bicyclic) bond motifs is 1. The van der Waals surface area contributed by atoms with Crippen molar-refractivity contribution in [1.29, 1.82) is 0 Å². The van der Waals surface area contributed by atoms with Crippen LogP contribution in [0.25, 0.3) is 0 Å². The molecule has 0 unspecified atom stereocenters. The average molecular weight is 323 g/mol. The summed E-state index contributed by atoms with van der Waals surface area (Å²) in [6.45, 7) is 5.58. The summed E-state index contributed by atoms with van der Waals surface area (Å²) < 4.78 is 5.97. The van der Waals surface area contributed by atoms with E-state index in [9.17, 15) is 4.79 Å². The molecule has 0 fully saturated rings. The van der Waals surface area contributed by atoms with Gasteiger partial charge in [0.25, 0.3) is 5.91 Å². The van der Waals surface area contributed by atoms with Gasteiger partial charge in [-0.05, 0) is 48.1 Å². The Bertz CT molecular complexity index is 693. The standard InChI is InChI=1S/C21H25NO2/c1-3-16-9-11-19(12-10-16)24-20(4-2)21(23)22-14-13-17-7-5-6-8-18(17)15-22/h5-12,20H,3-4,13-15H2,1-2H3/t20-/m1/s1. The van der Waals surface area contributed by atoms with Gasteiger partial charge in [-0.1, -0.05) is 50.2 Å². The number of benzene rings is 2. The van der Waals surface area contributed by atoms with Crippen LogP contribution in [0.1, 0.15) is 37.0 Å². The predicted octanol–water partition coefficient (Wildman–Crippen LogP) is 3.99. The van der Waals surface area contributed by atoms with Gasteiger partial charge in [-0.3, -0.25) is 4.79 Å². The second-order valence-electron chi connectivity index (χ2n) is 6.29. The Hall–Kier alpha value is -2.29. The van der Waals surface area contributed by atoms with Crippen LogP contribution < -0.4 is 4.74 Å². The van der Waals surface area contributed by atoms with E-state index in [4.69, 9.17) is 4.74 Å². The first-order valence-corrected chi connectivity index (χ1v) is 8.82. The van der Waals surface area contributed by atoms with E-state index in [2.05, 4.69) is 37.3 Å². The Labute approximate surface area is 144 Å². The fraction of sp³-hybridized carbons (Fsp3) is 0.381. The minimum atomic E-state index is -0.414. The third-order valence-corrected chi connectivity index (χ3v) is 4.70. The number of nitrogens with zero attached hydrogens (tertiary/aromatic N) is 1. The maximum atomic E-state index is 12.9. The molecular weight excluding hydrogens is 298 g/mol. The van der Waals surface area contributed by atoms with Crippen LogP contribution >= 0.6 is 0 Å². The van der Waals surface area contributed by atoms with Crippen molar-refractivity contribution in [3.05, 3.63) is 65.2 Å². The molecule has 0 saturated carbocycles. The topological polar surface area (TPSA) is 29.5 Å². The maximum absolute atomic E-state index is 12.9. The lowest BCUT2D eigenvalue weighted by molar-refractivity contribution is -0.139. The highest BCUT2D eigenvalue weighted by molar-refractivity contribution is 5.81. The molecule has 1 amide bonds. The normalized spacial score (nSPS) is 14.8. The van der Waals surface area contributed by atoms with Crippen LogP contribution in [-0.4, -0.2) is 23.5 Å². The van der Waals surface area contributed by atoms with Gasteiger partial charge in [-0.25, -0.2) is 0 Å². The molecule has 1 heterocycles. The number of ether oxygens (including phenoxy) is 1. The molecule has 3 rings (SSSR count). The molecule has 0 bridgehead atoms. The van der Waals surface area contributed by atoms with E-state index >= 15 is 0 Å². The van der Waals surface area contributed by atoms with Crippen LogP contribution in [0.4, 0.5) is 0 Å². The van der Waals surface area contributed by atoms with E-state index in [0.717, 1.165) is 25.1 Å². The van der Waals surface area contributed by atoms with Crippen molar-refractivity contribution in [1.82, 2.24) is 4.90 Å². The number of hydrogen-bond donors (Lipinski definition) is 0. The molecular formula is C21H25NO2. The predicted molar refractivity (Wildman–Crippen MR) is 96.1 cm³/mol. The van der Waals surface area contributed by atoms with Crippen molar-refractivity contribution in [2.24, 2.45) is 0 Å². The molecule has 24 heavy (non-hydrogen) atoms. The Kier molecular flexibility index (Phi) is 5.19. The van der Waals surface area contributed by atoms with E-state index < -0.39 is 6.10 Å². The Morgan fingerprint density at radius 2 is 1.79 bits per heavy atom. The van der Waals surface area contributed by atoms with Crippen molar-refractivity contribution in [2.45, 2.75) is 45.8 Å². The summed E-state index contributed by atoms with van der Waals surface area (Å²) in [5.41, 5.74) is 3.87. The maximum Gasteiger partial charge on any atom is 0.263 e. The van der Waals surface area contributed by atoms with Crippen molar-refractivity contribution in [3.63, 3.8) is 0 Å². The molecule has 0 saturated heterocycles. The van der Waals surface area contributed by atoms with Crippen molar-refractivity contribution in [3.8, 4) is 5.75 Å². The summed E-state index contributed by atoms with van der Waals surface area (Å²) in [6, 6.07) is 16.4. The lowest BCUT2D eigenvalue weighted by Crippen LogP contribution is -2.44.